The molecule has 27 heavy (non-hydrogen) atoms. The third-order valence-corrected chi connectivity index (χ3v) is 3.97. The lowest BCUT2D eigenvalue weighted by atomic mass is 10.1. The van der Waals surface area contributed by atoms with E-state index in [0.29, 0.717) is 0 Å². The van der Waals surface area contributed by atoms with Crippen LogP contribution in [0.2, 0.25) is 0 Å². The lowest BCUT2D eigenvalue weighted by Crippen LogP contribution is -2.38. The first-order valence-corrected chi connectivity index (χ1v) is 8.44. The molecular weight excluding hydrogens is 357 g/mol. The van der Waals surface area contributed by atoms with Crippen molar-refractivity contribution in [2.24, 2.45) is 0 Å². The van der Waals surface area contributed by atoms with E-state index in [2.05, 4.69) is 5.32 Å². The molecule has 2 rings (SSSR count). The zero-order valence-corrected chi connectivity index (χ0v) is 15.1. The van der Waals surface area contributed by atoms with Crippen molar-refractivity contribution in [1.29, 1.82) is 0 Å². The number of nitrogens with one attached hydrogen (secondary N) is 1. The summed E-state index contributed by atoms with van der Waals surface area (Å²) in [5.41, 5.74) is 1.24. The Morgan fingerprint density at radius 2 is 1.78 bits per heavy atom. The normalized spacial score (nSPS) is 11.1. The van der Waals surface area contributed by atoms with E-state index in [1.165, 1.54) is 24.0 Å². The predicted octanol–water partition coefficient (Wildman–Crippen LogP) is 3.73. The molecule has 2 amide bonds. The summed E-state index contributed by atoms with van der Waals surface area (Å²) in [4.78, 5) is 25.1. The fourth-order valence-electron chi connectivity index (χ4n) is 2.70. The van der Waals surface area contributed by atoms with Gasteiger partial charge in [-0.25, -0.2) is 0 Å². The molecule has 0 aliphatic rings. The first-order chi connectivity index (χ1) is 12.7. The zero-order chi connectivity index (χ0) is 20.0. The number of hydrogen-bond donors (Lipinski definition) is 1. The molecule has 1 N–H and O–H groups in total. The number of benzene rings is 2. The molecule has 0 fully saturated rings. The quantitative estimate of drug-likeness (QED) is 0.833. The van der Waals surface area contributed by atoms with Gasteiger partial charge in [-0.2, -0.15) is 13.2 Å². The van der Waals surface area contributed by atoms with Crippen LogP contribution in [-0.2, 0) is 22.2 Å². The maximum absolute atomic E-state index is 12.9. The molecule has 4 nitrogen and oxygen atoms in total. The van der Waals surface area contributed by atoms with Gasteiger partial charge in [-0.15, -0.1) is 0 Å². The lowest BCUT2D eigenvalue weighted by Gasteiger charge is -2.22. The highest BCUT2D eigenvalue weighted by atomic mass is 19.4. The monoisotopic (exact) mass is 378 g/mol. The van der Waals surface area contributed by atoms with Crippen molar-refractivity contribution in [2.75, 3.05) is 18.0 Å². The number of halogens is 3. The van der Waals surface area contributed by atoms with Gasteiger partial charge in [-0.1, -0.05) is 35.9 Å². The van der Waals surface area contributed by atoms with Crippen LogP contribution < -0.4 is 10.2 Å². The standard InChI is InChI=1S/C20H21F3N2O2/c1-14-5-3-6-16(11-14)12-19(27)24-9-10-25(15(2)26)18-8-4-7-17(13-18)20(21,22)23/h3-8,11,13H,9-10,12H2,1-2H3,(H,24,27). The number of alkyl halides is 3. The second-order valence-electron chi connectivity index (χ2n) is 6.23. The average molecular weight is 378 g/mol. The highest BCUT2D eigenvalue weighted by Gasteiger charge is 2.31. The molecule has 0 radical (unpaired) electrons. The number of carbonyl (C=O) groups is 2. The van der Waals surface area contributed by atoms with Gasteiger partial charge in [-0.05, 0) is 30.7 Å². The molecule has 0 aliphatic heterocycles. The molecule has 0 aromatic heterocycles. The van der Waals surface area contributed by atoms with Gasteiger partial charge in [0.05, 0.1) is 12.0 Å². The maximum atomic E-state index is 12.9. The summed E-state index contributed by atoms with van der Waals surface area (Å²) in [6.45, 7) is 3.42. The van der Waals surface area contributed by atoms with E-state index < -0.39 is 17.6 Å². The molecule has 2 aromatic rings. The van der Waals surface area contributed by atoms with Crippen molar-refractivity contribution in [2.45, 2.75) is 26.4 Å². The van der Waals surface area contributed by atoms with E-state index in [0.717, 1.165) is 23.3 Å². The molecule has 0 saturated heterocycles. The van der Waals surface area contributed by atoms with E-state index >= 15 is 0 Å². The fourth-order valence-corrected chi connectivity index (χ4v) is 2.70. The minimum absolute atomic E-state index is 0.0796. The van der Waals surface area contributed by atoms with Crippen LogP contribution in [0.3, 0.4) is 0 Å². The fraction of sp³-hybridized carbons (Fsp3) is 0.300. The summed E-state index contributed by atoms with van der Waals surface area (Å²) in [7, 11) is 0. The minimum Gasteiger partial charge on any atom is -0.354 e. The van der Waals surface area contributed by atoms with Gasteiger partial charge >= 0.3 is 6.18 Å². The van der Waals surface area contributed by atoms with Crippen LogP contribution in [-0.4, -0.2) is 24.9 Å². The molecule has 0 saturated carbocycles. The van der Waals surface area contributed by atoms with Crippen molar-refractivity contribution in [3.8, 4) is 0 Å². The van der Waals surface area contributed by atoms with Crippen molar-refractivity contribution in [3.63, 3.8) is 0 Å². The number of hydrogen-bond acceptors (Lipinski definition) is 2. The molecule has 0 bridgehead atoms. The third-order valence-electron chi connectivity index (χ3n) is 3.97. The molecule has 0 atom stereocenters. The Bertz CT molecular complexity index is 819. The summed E-state index contributed by atoms with van der Waals surface area (Å²) in [5.74, 6) is -0.615. The maximum Gasteiger partial charge on any atom is 0.416 e. The molecule has 0 spiro atoms. The van der Waals surface area contributed by atoms with Crippen LogP contribution in [0.15, 0.2) is 48.5 Å². The molecule has 0 aliphatic carbocycles. The molecule has 0 heterocycles. The Kier molecular flexibility index (Phi) is 6.60. The number of aryl methyl sites for hydroxylation is 1. The number of nitrogens with zero attached hydrogens (tertiary/aromatic N) is 1. The van der Waals surface area contributed by atoms with E-state index in [4.69, 9.17) is 0 Å². The van der Waals surface area contributed by atoms with Crippen molar-refractivity contribution >= 4 is 17.5 Å². The number of rotatable bonds is 6. The van der Waals surface area contributed by atoms with E-state index in [1.807, 2.05) is 31.2 Å². The van der Waals surface area contributed by atoms with Crippen LogP contribution in [0.1, 0.15) is 23.6 Å². The number of carbonyl (C=O) groups excluding carboxylic acids is 2. The van der Waals surface area contributed by atoms with Gasteiger partial charge in [0.15, 0.2) is 0 Å². The summed E-state index contributed by atoms with van der Waals surface area (Å²) in [6.07, 6.45) is -4.29. The van der Waals surface area contributed by atoms with Gasteiger partial charge in [0, 0.05) is 25.7 Å². The summed E-state index contributed by atoms with van der Waals surface area (Å²) >= 11 is 0. The second kappa shape index (κ2) is 8.70. The molecule has 144 valence electrons. The van der Waals surface area contributed by atoms with Crippen LogP contribution in [0, 0.1) is 6.92 Å². The third kappa shape index (κ3) is 6.13. The van der Waals surface area contributed by atoms with Crippen LogP contribution in [0.4, 0.5) is 18.9 Å². The molecule has 2 aromatic carbocycles. The Morgan fingerprint density at radius 1 is 1.07 bits per heavy atom. The van der Waals surface area contributed by atoms with Gasteiger partial charge in [-0.3, -0.25) is 9.59 Å². The predicted molar refractivity (Wildman–Crippen MR) is 97.4 cm³/mol. The summed E-state index contributed by atoms with van der Waals surface area (Å²) in [5, 5.41) is 2.70. The summed E-state index contributed by atoms with van der Waals surface area (Å²) in [6, 6.07) is 12.1. The van der Waals surface area contributed by atoms with Gasteiger partial charge < -0.3 is 10.2 Å². The Balaban J connectivity index is 1.97. The van der Waals surface area contributed by atoms with E-state index in [-0.39, 0.29) is 31.1 Å². The molecular formula is C20H21F3N2O2. The number of amides is 2. The van der Waals surface area contributed by atoms with Gasteiger partial charge in [0.1, 0.15) is 0 Å². The minimum atomic E-state index is -4.49. The van der Waals surface area contributed by atoms with Crippen LogP contribution in [0.5, 0.6) is 0 Å². The van der Waals surface area contributed by atoms with Gasteiger partial charge in [0.2, 0.25) is 11.8 Å². The first kappa shape index (κ1) is 20.5. The Labute approximate surface area is 156 Å². The molecule has 7 heteroatoms. The topological polar surface area (TPSA) is 49.4 Å². The summed E-state index contributed by atoms with van der Waals surface area (Å²) < 4.78 is 38.6. The van der Waals surface area contributed by atoms with E-state index in [9.17, 15) is 22.8 Å². The highest BCUT2D eigenvalue weighted by Crippen LogP contribution is 2.31. The Hall–Kier alpha value is -2.83. The van der Waals surface area contributed by atoms with Crippen molar-refractivity contribution in [1.82, 2.24) is 5.32 Å². The van der Waals surface area contributed by atoms with Crippen LogP contribution >= 0.6 is 0 Å². The first-order valence-electron chi connectivity index (χ1n) is 8.44. The SMILES string of the molecule is CC(=O)N(CCNC(=O)Cc1cccc(C)c1)c1cccc(C(F)(F)F)c1. The highest BCUT2D eigenvalue weighted by molar-refractivity contribution is 5.91. The second-order valence-corrected chi connectivity index (χ2v) is 6.23. The van der Waals surface area contributed by atoms with E-state index in [1.54, 1.807) is 0 Å². The smallest absolute Gasteiger partial charge is 0.354 e. The van der Waals surface area contributed by atoms with Crippen molar-refractivity contribution < 1.29 is 22.8 Å². The molecule has 0 unspecified atom stereocenters. The lowest BCUT2D eigenvalue weighted by molar-refractivity contribution is -0.137. The average Bonchev–Trinajstić information content (AvgIpc) is 2.58. The Morgan fingerprint density at radius 3 is 2.41 bits per heavy atom. The van der Waals surface area contributed by atoms with Gasteiger partial charge in [0.25, 0.3) is 0 Å². The number of anilines is 1. The van der Waals surface area contributed by atoms with Crippen LogP contribution in [0.25, 0.3) is 0 Å². The largest absolute Gasteiger partial charge is 0.416 e. The zero-order valence-electron chi connectivity index (χ0n) is 15.1. The van der Waals surface area contributed by atoms with Crippen molar-refractivity contribution in [3.05, 3.63) is 65.2 Å².